The second kappa shape index (κ2) is 8.49. The van der Waals surface area contributed by atoms with E-state index in [0.717, 1.165) is 5.56 Å². The Bertz CT molecular complexity index is 814. The highest BCUT2D eigenvalue weighted by Crippen LogP contribution is 2.26. The van der Waals surface area contributed by atoms with E-state index < -0.39 is 4.92 Å². The Labute approximate surface area is 159 Å². The molecule has 2 rings (SSSR count). The Kier molecular flexibility index (Phi) is 6.61. The van der Waals surface area contributed by atoms with Crippen LogP contribution in [0.3, 0.4) is 0 Å². The van der Waals surface area contributed by atoms with E-state index in [9.17, 15) is 14.9 Å². The maximum absolute atomic E-state index is 12.1. The molecule has 2 aromatic carbocycles. The van der Waals surface area contributed by atoms with Gasteiger partial charge >= 0.3 is 0 Å². The van der Waals surface area contributed by atoms with Crippen LogP contribution >= 0.6 is 34.8 Å². The predicted molar refractivity (Wildman–Crippen MR) is 98.4 cm³/mol. The Morgan fingerprint density at radius 3 is 2.52 bits per heavy atom. The molecule has 0 aromatic heterocycles. The number of carbonyl (C=O) groups is 1. The number of nitro groups is 1. The van der Waals surface area contributed by atoms with E-state index in [-0.39, 0.29) is 29.2 Å². The van der Waals surface area contributed by atoms with Crippen molar-refractivity contribution in [1.82, 2.24) is 0 Å². The molecule has 9 heteroatoms. The molecule has 0 saturated carbocycles. The Morgan fingerprint density at radius 2 is 1.92 bits per heavy atom. The van der Waals surface area contributed by atoms with Crippen molar-refractivity contribution in [3.63, 3.8) is 0 Å². The molecule has 132 valence electrons. The minimum absolute atomic E-state index is 0.0529. The van der Waals surface area contributed by atoms with E-state index in [1.54, 1.807) is 12.1 Å². The standard InChI is InChI=1S/C16H14Cl3N3O3/c1-9(12-4-2-10(17)6-13(12)18)20-8-16(23)21-15-5-3-11(22(24)25)7-14(15)19/h2-7,9,20H,8H2,1H3,(H,21,23)/p+1/t9-/m0/s1. The number of carbonyl (C=O) groups excluding carboxylic acids is 1. The SMILES string of the molecule is C[C@H]([NH2+]CC(=O)Nc1ccc([N+](=O)[O-])cc1Cl)c1ccc(Cl)cc1Cl. The van der Waals surface area contributed by atoms with Gasteiger partial charge in [-0.15, -0.1) is 0 Å². The van der Waals surface area contributed by atoms with Crippen LogP contribution in [0.2, 0.25) is 15.1 Å². The summed E-state index contributed by atoms with van der Waals surface area (Å²) in [5, 5.41) is 16.3. The summed E-state index contributed by atoms with van der Waals surface area (Å²) < 4.78 is 0. The lowest BCUT2D eigenvalue weighted by molar-refractivity contribution is -0.682. The first kappa shape index (κ1) is 19.5. The lowest BCUT2D eigenvalue weighted by Gasteiger charge is -2.13. The summed E-state index contributed by atoms with van der Waals surface area (Å²) in [6.07, 6.45) is 0. The second-order valence-electron chi connectivity index (χ2n) is 5.36. The summed E-state index contributed by atoms with van der Waals surface area (Å²) in [5.41, 5.74) is 1.05. The van der Waals surface area contributed by atoms with Gasteiger partial charge in [0.25, 0.3) is 11.6 Å². The molecule has 0 heterocycles. The fraction of sp³-hybridized carbons (Fsp3) is 0.188. The molecule has 0 fully saturated rings. The van der Waals surface area contributed by atoms with Gasteiger partial charge in [-0.1, -0.05) is 40.9 Å². The molecule has 3 N–H and O–H groups in total. The van der Waals surface area contributed by atoms with Gasteiger partial charge in [0, 0.05) is 22.7 Å². The summed E-state index contributed by atoms with van der Waals surface area (Å²) in [6, 6.07) is 9.03. The molecular formula is C16H15Cl3N3O3+. The smallest absolute Gasteiger partial charge is 0.279 e. The second-order valence-corrected chi connectivity index (χ2v) is 6.61. The van der Waals surface area contributed by atoms with E-state index in [4.69, 9.17) is 34.8 Å². The van der Waals surface area contributed by atoms with Gasteiger partial charge in [0.15, 0.2) is 6.54 Å². The first-order valence-electron chi connectivity index (χ1n) is 7.30. The monoisotopic (exact) mass is 402 g/mol. The van der Waals surface area contributed by atoms with E-state index >= 15 is 0 Å². The predicted octanol–water partition coefficient (Wildman–Crippen LogP) is 3.82. The summed E-state index contributed by atoms with van der Waals surface area (Å²) >= 11 is 18.0. The normalized spacial score (nSPS) is 11.8. The Morgan fingerprint density at radius 1 is 1.20 bits per heavy atom. The molecule has 0 unspecified atom stereocenters. The van der Waals surface area contributed by atoms with Gasteiger partial charge in [-0.2, -0.15) is 0 Å². The van der Waals surface area contributed by atoms with E-state index in [0.29, 0.717) is 15.7 Å². The zero-order valence-corrected chi connectivity index (χ0v) is 15.4. The van der Waals surface area contributed by atoms with Gasteiger partial charge in [0.05, 0.1) is 20.7 Å². The number of nitrogens with two attached hydrogens (primary N) is 1. The maximum atomic E-state index is 12.1. The maximum Gasteiger partial charge on any atom is 0.279 e. The van der Waals surface area contributed by atoms with E-state index in [1.807, 2.05) is 18.3 Å². The van der Waals surface area contributed by atoms with E-state index in [1.165, 1.54) is 18.2 Å². The highest BCUT2D eigenvalue weighted by atomic mass is 35.5. The number of hydrogen-bond acceptors (Lipinski definition) is 3. The first-order valence-corrected chi connectivity index (χ1v) is 8.43. The average Bonchev–Trinajstić information content (AvgIpc) is 2.54. The molecule has 1 amide bonds. The van der Waals surface area contributed by atoms with Crippen molar-refractivity contribution in [2.45, 2.75) is 13.0 Å². The van der Waals surface area contributed by atoms with Crippen LogP contribution in [0.4, 0.5) is 11.4 Å². The first-order chi connectivity index (χ1) is 11.8. The van der Waals surface area contributed by atoms with Crippen molar-refractivity contribution in [1.29, 1.82) is 0 Å². The molecule has 0 radical (unpaired) electrons. The minimum atomic E-state index is -0.553. The summed E-state index contributed by atoms with van der Waals surface area (Å²) in [7, 11) is 0. The van der Waals surface area contributed by atoms with Gasteiger partial charge in [-0.25, -0.2) is 0 Å². The molecule has 25 heavy (non-hydrogen) atoms. The van der Waals surface area contributed by atoms with Gasteiger partial charge in [-0.05, 0) is 25.1 Å². The van der Waals surface area contributed by atoms with Crippen molar-refractivity contribution in [2.24, 2.45) is 0 Å². The average molecular weight is 404 g/mol. The number of hydrogen-bond donors (Lipinski definition) is 2. The minimum Gasteiger partial charge on any atom is -0.332 e. The summed E-state index contributed by atoms with van der Waals surface area (Å²) in [6.45, 7) is 2.05. The Hall–Kier alpha value is -1.86. The zero-order chi connectivity index (χ0) is 18.6. The van der Waals surface area contributed by atoms with Crippen LogP contribution in [0.25, 0.3) is 0 Å². The lowest BCUT2D eigenvalue weighted by atomic mass is 10.1. The number of nitro benzene ring substituents is 1. The van der Waals surface area contributed by atoms with Crippen molar-refractivity contribution < 1.29 is 15.0 Å². The van der Waals surface area contributed by atoms with E-state index in [2.05, 4.69) is 5.32 Å². The van der Waals surface area contributed by atoms with Crippen molar-refractivity contribution >= 4 is 52.1 Å². The highest BCUT2D eigenvalue weighted by Gasteiger charge is 2.16. The number of halogens is 3. The number of amides is 1. The fourth-order valence-electron chi connectivity index (χ4n) is 2.20. The molecule has 6 nitrogen and oxygen atoms in total. The molecule has 2 aromatic rings. The Balaban J connectivity index is 1.95. The third-order valence-electron chi connectivity index (χ3n) is 3.55. The number of nitrogens with one attached hydrogen (secondary N) is 1. The number of rotatable bonds is 6. The number of anilines is 1. The third kappa shape index (κ3) is 5.31. The van der Waals surface area contributed by atoms with Crippen LogP contribution in [0, 0.1) is 10.1 Å². The zero-order valence-electron chi connectivity index (χ0n) is 13.1. The molecule has 0 spiro atoms. The van der Waals surface area contributed by atoms with Crippen molar-refractivity contribution in [2.75, 3.05) is 11.9 Å². The highest BCUT2D eigenvalue weighted by molar-refractivity contribution is 6.35. The molecular weight excluding hydrogens is 389 g/mol. The summed E-state index contributed by atoms with van der Waals surface area (Å²) in [5.74, 6) is -0.285. The number of quaternary nitrogens is 1. The van der Waals surface area contributed by atoms with Crippen LogP contribution in [-0.2, 0) is 4.79 Å². The van der Waals surface area contributed by atoms with Crippen molar-refractivity contribution in [3.05, 3.63) is 67.1 Å². The van der Waals surface area contributed by atoms with Crippen LogP contribution in [0.15, 0.2) is 36.4 Å². The third-order valence-corrected chi connectivity index (χ3v) is 4.42. The largest absolute Gasteiger partial charge is 0.332 e. The molecule has 1 atom stereocenters. The molecule has 0 aliphatic rings. The van der Waals surface area contributed by atoms with Crippen molar-refractivity contribution in [3.8, 4) is 0 Å². The number of nitrogens with zero attached hydrogens (tertiary/aromatic N) is 1. The van der Waals surface area contributed by atoms with Gasteiger partial charge < -0.3 is 10.6 Å². The lowest BCUT2D eigenvalue weighted by Crippen LogP contribution is -2.86. The quantitative estimate of drug-likeness (QED) is 0.567. The van der Waals surface area contributed by atoms with Crippen LogP contribution in [0.1, 0.15) is 18.5 Å². The van der Waals surface area contributed by atoms with Crippen LogP contribution < -0.4 is 10.6 Å². The molecule has 0 aliphatic heterocycles. The molecule has 0 aliphatic carbocycles. The molecule has 0 bridgehead atoms. The van der Waals surface area contributed by atoms with Crippen LogP contribution in [-0.4, -0.2) is 17.4 Å². The van der Waals surface area contributed by atoms with Crippen LogP contribution in [0.5, 0.6) is 0 Å². The number of non-ortho nitro benzene ring substituents is 1. The topological polar surface area (TPSA) is 88.8 Å². The van der Waals surface area contributed by atoms with Gasteiger partial charge in [-0.3, -0.25) is 14.9 Å². The summed E-state index contributed by atoms with van der Waals surface area (Å²) in [4.78, 5) is 22.2. The number of benzene rings is 2. The molecule has 0 saturated heterocycles. The van der Waals surface area contributed by atoms with Gasteiger partial charge in [0.1, 0.15) is 6.04 Å². The fourth-order valence-corrected chi connectivity index (χ4v) is 3.00. The van der Waals surface area contributed by atoms with Gasteiger partial charge in [0.2, 0.25) is 0 Å².